The molecule has 0 saturated carbocycles. The van der Waals surface area contributed by atoms with E-state index in [1.807, 2.05) is 28.9 Å². The van der Waals surface area contributed by atoms with Gasteiger partial charge in [-0.15, -0.1) is 5.10 Å². The smallest absolute Gasteiger partial charge is 0.100 e. The highest BCUT2D eigenvalue weighted by molar-refractivity contribution is 6.30. The quantitative estimate of drug-likeness (QED) is 0.907. The highest BCUT2D eigenvalue weighted by atomic mass is 35.5. The largest absolute Gasteiger partial charge is 0.325 e. The summed E-state index contributed by atoms with van der Waals surface area (Å²) in [4.78, 5) is 0. The van der Waals surface area contributed by atoms with Gasteiger partial charge in [0.25, 0.3) is 0 Å². The topological polar surface area (TPSA) is 56.7 Å². The molecule has 2 rings (SSSR count). The molecule has 5 heteroatoms. The summed E-state index contributed by atoms with van der Waals surface area (Å²) in [6.07, 6.45) is 0. The average molecular weight is 265 g/mol. The molecule has 0 aliphatic rings. The van der Waals surface area contributed by atoms with Crippen LogP contribution in [0.5, 0.6) is 0 Å². The molecule has 0 amide bonds. The summed E-state index contributed by atoms with van der Waals surface area (Å²) < 4.78 is 1.83. The van der Waals surface area contributed by atoms with Crippen molar-refractivity contribution in [3.8, 4) is 5.69 Å². The minimum atomic E-state index is -0.0716. The lowest BCUT2D eigenvalue weighted by molar-refractivity contribution is 0.537. The van der Waals surface area contributed by atoms with Gasteiger partial charge in [-0.05, 0) is 24.3 Å². The van der Waals surface area contributed by atoms with E-state index in [1.54, 1.807) is 0 Å². The van der Waals surface area contributed by atoms with Crippen molar-refractivity contribution >= 4 is 11.6 Å². The van der Waals surface area contributed by atoms with Crippen molar-refractivity contribution < 1.29 is 0 Å². The van der Waals surface area contributed by atoms with E-state index in [-0.39, 0.29) is 5.41 Å². The van der Waals surface area contributed by atoms with Gasteiger partial charge in [0, 0.05) is 17.0 Å². The molecule has 0 aliphatic heterocycles. The van der Waals surface area contributed by atoms with Gasteiger partial charge in [-0.25, -0.2) is 4.68 Å². The fourth-order valence-electron chi connectivity index (χ4n) is 1.96. The van der Waals surface area contributed by atoms with Gasteiger partial charge < -0.3 is 5.73 Å². The maximum atomic E-state index is 5.90. The number of rotatable bonds is 2. The summed E-state index contributed by atoms with van der Waals surface area (Å²) in [6.45, 7) is 6.76. The van der Waals surface area contributed by atoms with Crippen LogP contribution in [0.15, 0.2) is 24.3 Å². The highest BCUT2D eigenvalue weighted by Gasteiger charge is 2.25. The predicted molar refractivity (Wildman–Crippen MR) is 73.0 cm³/mol. The van der Waals surface area contributed by atoms with Gasteiger partial charge >= 0.3 is 0 Å². The summed E-state index contributed by atoms with van der Waals surface area (Å²) in [5, 5.41) is 9.06. The number of benzene rings is 1. The van der Waals surface area contributed by atoms with Gasteiger partial charge in [0.15, 0.2) is 0 Å². The lowest BCUT2D eigenvalue weighted by Crippen LogP contribution is -2.20. The molecule has 1 aromatic heterocycles. The molecule has 18 heavy (non-hydrogen) atoms. The van der Waals surface area contributed by atoms with E-state index >= 15 is 0 Å². The maximum absolute atomic E-state index is 5.90. The lowest BCUT2D eigenvalue weighted by atomic mass is 9.90. The first kappa shape index (κ1) is 13.1. The van der Waals surface area contributed by atoms with Crippen LogP contribution in [0, 0.1) is 0 Å². The molecular formula is C13H17ClN4. The number of nitrogens with two attached hydrogens (primary N) is 1. The monoisotopic (exact) mass is 264 g/mol. The molecule has 96 valence electrons. The second kappa shape index (κ2) is 4.71. The second-order valence-corrected chi connectivity index (χ2v) is 5.66. The number of hydrogen-bond acceptors (Lipinski definition) is 3. The average Bonchev–Trinajstić information content (AvgIpc) is 2.73. The van der Waals surface area contributed by atoms with Crippen LogP contribution in [0.3, 0.4) is 0 Å². The van der Waals surface area contributed by atoms with Gasteiger partial charge in [0.2, 0.25) is 0 Å². The molecule has 2 aromatic rings. The van der Waals surface area contributed by atoms with E-state index in [4.69, 9.17) is 17.3 Å². The molecule has 0 spiro atoms. The summed E-state index contributed by atoms with van der Waals surface area (Å²) in [5.41, 5.74) is 8.46. The first-order valence-electron chi connectivity index (χ1n) is 5.84. The van der Waals surface area contributed by atoms with Crippen LogP contribution >= 0.6 is 11.6 Å². The van der Waals surface area contributed by atoms with E-state index in [0.29, 0.717) is 11.6 Å². The van der Waals surface area contributed by atoms with Gasteiger partial charge in [0.1, 0.15) is 5.69 Å². The fraction of sp³-hybridized carbons (Fsp3) is 0.385. The van der Waals surface area contributed by atoms with Gasteiger partial charge in [-0.1, -0.05) is 37.6 Å². The molecule has 0 unspecified atom stereocenters. The molecule has 0 fully saturated rings. The standard InChI is InChI=1S/C13H17ClN4/c1-13(2,3)12-11(8-15)16-17-18(12)10-6-4-9(14)5-7-10/h4-7H,8,15H2,1-3H3. The van der Waals surface area contributed by atoms with Gasteiger partial charge in [-0.3, -0.25) is 0 Å². The summed E-state index contributed by atoms with van der Waals surface area (Å²) in [6, 6.07) is 7.53. The zero-order valence-electron chi connectivity index (χ0n) is 10.8. The van der Waals surface area contributed by atoms with Crippen LogP contribution in [-0.2, 0) is 12.0 Å². The van der Waals surface area contributed by atoms with Crippen molar-refractivity contribution in [2.75, 3.05) is 0 Å². The van der Waals surface area contributed by atoms with E-state index in [0.717, 1.165) is 17.1 Å². The van der Waals surface area contributed by atoms with E-state index in [2.05, 4.69) is 31.1 Å². The van der Waals surface area contributed by atoms with Crippen LogP contribution < -0.4 is 5.73 Å². The highest BCUT2D eigenvalue weighted by Crippen LogP contribution is 2.27. The van der Waals surface area contributed by atoms with E-state index in [9.17, 15) is 0 Å². The third-order valence-corrected chi connectivity index (χ3v) is 2.97. The first-order valence-corrected chi connectivity index (χ1v) is 6.22. The summed E-state index contributed by atoms with van der Waals surface area (Å²) in [5.74, 6) is 0. The molecule has 1 aromatic carbocycles. The van der Waals surface area contributed by atoms with Crippen LogP contribution in [0.4, 0.5) is 0 Å². The Kier molecular flexibility index (Phi) is 3.41. The Morgan fingerprint density at radius 3 is 2.33 bits per heavy atom. The molecule has 2 N–H and O–H groups in total. The van der Waals surface area contributed by atoms with Crippen LogP contribution in [0.25, 0.3) is 5.69 Å². The van der Waals surface area contributed by atoms with Crippen LogP contribution in [0.2, 0.25) is 5.02 Å². The summed E-state index contributed by atoms with van der Waals surface area (Å²) >= 11 is 5.90. The van der Waals surface area contributed by atoms with Gasteiger partial charge in [-0.2, -0.15) is 0 Å². The Bertz CT molecular complexity index is 537. The van der Waals surface area contributed by atoms with Crippen molar-refractivity contribution in [2.45, 2.75) is 32.7 Å². The fourth-order valence-corrected chi connectivity index (χ4v) is 2.09. The molecule has 0 radical (unpaired) electrons. The molecule has 1 heterocycles. The normalized spacial score (nSPS) is 11.8. The molecule has 0 saturated heterocycles. The van der Waals surface area contributed by atoms with E-state index < -0.39 is 0 Å². The number of halogens is 1. The van der Waals surface area contributed by atoms with E-state index in [1.165, 1.54) is 0 Å². The van der Waals surface area contributed by atoms with Crippen molar-refractivity contribution in [1.82, 2.24) is 15.0 Å². The Balaban J connectivity index is 2.58. The van der Waals surface area contributed by atoms with Crippen molar-refractivity contribution in [3.63, 3.8) is 0 Å². The molecule has 0 atom stereocenters. The molecule has 0 bridgehead atoms. The number of hydrogen-bond donors (Lipinski definition) is 1. The van der Waals surface area contributed by atoms with Crippen molar-refractivity contribution in [2.24, 2.45) is 5.73 Å². The number of aromatic nitrogens is 3. The lowest BCUT2D eigenvalue weighted by Gasteiger charge is -2.21. The SMILES string of the molecule is CC(C)(C)c1c(CN)nnn1-c1ccc(Cl)cc1. The summed E-state index contributed by atoms with van der Waals surface area (Å²) in [7, 11) is 0. The number of nitrogens with zero attached hydrogens (tertiary/aromatic N) is 3. The Labute approximate surface area is 112 Å². The third kappa shape index (κ3) is 2.40. The maximum Gasteiger partial charge on any atom is 0.100 e. The Morgan fingerprint density at radius 1 is 1.22 bits per heavy atom. The van der Waals surface area contributed by atoms with Crippen molar-refractivity contribution in [3.05, 3.63) is 40.7 Å². The minimum Gasteiger partial charge on any atom is -0.325 e. The minimum absolute atomic E-state index is 0.0716. The zero-order chi connectivity index (χ0) is 13.3. The predicted octanol–water partition coefficient (Wildman–Crippen LogP) is 2.68. The van der Waals surface area contributed by atoms with Crippen LogP contribution in [0.1, 0.15) is 32.2 Å². The first-order chi connectivity index (χ1) is 8.43. The zero-order valence-corrected chi connectivity index (χ0v) is 11.6. The Hall–Kier alpha value is -1.39. The van der Waals surface area contributed by atoms with Crippen molar-refractivity contribution in [1.29, 1.82) is 0 Å². The van der Waals surface area contributed by atoms with Gasteiger partial charge in [0.05, 0.1) is 11.4 Å². The molecule has 4 nitrogen and oxygen atoms in total. The second-order valence-electron chi connectivity index (χ2n) is 5.23. The Morgan fingerprint density at radius 2 is 1.83 bits per heavy atom. The molecule has 0 aliphatic carbocycles. The van der Waals surface area contributed by atoms with Crippen LogP contribution in [-0.4, -0.2) is 15.0 Å². The third-order valence-electron chi connectivity index (χ3n) is 2.71. The molecular weight excluding hydrogens is 248 g/mol.